The quantitative estimate of drug-likeness (QED) is 0.475. The molecule has 1 aliphatic heterocycles. The molecule has 0 fully saturated rings. The first-order chi connectivity index (χ1) is 5.79. The zero-order valence-electron chi connectivity index (χ0n) is 7.02. The lowest BCUT2D eigenvalue weighted by atomic mass is 10.2. The summed E-state index contributed by atoms with van der Waals surface area (Å²) < 4.78 is 0.465. The summed E-state index contributed by atoms with van der Waals surface area (Å²) in [6.45, 7) is 2.07. The SMILES string of the molecule is CC1/C=C\C=C/C(I)/C=C\C=N/1. The van der Waals surface area contributed by atoms with Crippen molar-refractivity contribution < 1.29 is 0 Å². The highest BCUT2D eigenvalue weighted by atomic mass is 127. The van der Waals surface area contributed by atoms with Gasteiger partial charge in [-0.2, -0.15) is 0 Å². The molecule has 0 radical (unpaired) electrons. The number of hydrogen-bond acceptors (Lipinski definition) is 1. The smallest absolute Gasteiger partial charge is 0.0654 e. The molecule has 0 aromatic carbocycles. The fourth-order valence-electron chi connectivity index (χ4n) is 0.850. The van der Waals surface area contributed by atoms with Gasteiger partial charge in [-0.15, -0.1) is 0 Å². The highest BCUT2D eigenvalue weighted by molar-refractivity contribution is 14.1. The van der Waals surface area contributed by atoms with E-state index in [4.69, 9.17) is 0 Å². The average Bonchev–Trinajstić information content (AvgIpc) is 2.06. The zero-order chi connectivity index (χ0) is 8.81. The first-order valence-corrected chi connectivity index (χ1v) is 5.22. The number of halogens is 1. The standard InChI is InChI=1S/C10H12IN/c1-9-5-2-3-6-10(11)7-4-8-12-9/h2-10H,1H3/b5-2-,6-3-,7-4-,12-8-. The number of alkyl halides is 1. The van der Waals surface area contributed by atoms with Gasteiger partial charge in [-0.3, -0.25) is 4.99 Å². The van der Waals surface area contributed by atoms with E-state index in [1.165, 1.54) is 0 Å². The number of allylic oxidation sites excluding steroid dienone is 5. The number of nitrogens with zero attached hydrogens (tertiary/aromatic N) is 1. The van der Waals surface area contributed by atoms with Crippen LogP contribution in [0.15, 0.2) is 41.4 Å². The van der Waals surface area contributed by atoms with Crippen LogP contribution in [-0.4, -0.2) is 16.2 Å². The van der Waals surface area contributed by atoms with Crippen LogP contribution >= 0.6 is 22.6 Å². The van der Waals surface area contributed by atoms with Gasteiger partial charge in [-0.25, -0.2) is 0 Å². The Morgan fingerprint density at radius 3 is 2.58 bits per heavy atom. The van der Waals surface area contributed by atoms with E-state index in [1.807, 2.05) is 18.4 Å². The number of rotatable bonds is 0. The summed E-state index contributed by atoms with van der Waals surface area (Å²) in [6.07, 6.45) is 14.3. The molecule has 2 atom stereocenters. The van der Waals surface area contributed by atoms with Crippen molar-refractivity contribution in [1.82, 2.24) is 0 Å². The Labute approximate surface area is 87.1 Å². The molecule has 0 N–H and O–H groups in total. The molecule has 12 heavy (non-hydrogen) atoms. The average molecular weight is 273 g/mol. The van der Waals surface area contributed by atoms with E-state index in [1.54, 1.807) is 0 Å². The van der Waals surface area contributed by atoms with Crippen molar-refractivity contribution in [3.8, 4) is 0 Å². The largest absolute Gasteiger partial charge is 0.286 e. The minimum atomic E-state index is 0.282. The van der Waals surface area contributed by atoms with Crippen molar-refractivity contribution >= 4 is 28.8 Å². The molecule has 0 saturated carbocycles. The third kappa shape index (κ3) is 3.85. The zero-order valence-corrected chi connectivity index (χ0v) is 9.18. The maximum atomic E-state index is 4.28. The van der Waals surface area contributed by atoms with Gasteiger partial charge in [-0.1, -0.05) is 53.0 Å². The Kier molecular flexibility index (Phi) is 4.29. The summed E-state index contributed by atoms with van der Waals surface area (Å²) in [4.78, 5) is 4.28. The van der Waals surface area contributed by atoms with Crippen molar-refractivity contribution in [3.63, 3.8) is 0 Å². The second-order valence-electron chi connectivity index (χ2n) is 2.64. The van der Waals surface area contributed by atoms with Gasteiger partial charge in [0, 0.05) is 10.1 Å². The molecule has 0 aliphatic carbocycles. The predicted molar refractivity (Wildman–Crippen MR) is 63.2 cm³/mol. The Morgan fingerprint density at radius 2 is 1.75 bits per heavy atom. The molecule has 2 heteroatoms. The molecular weight excluding hydrogens is 261 g/mol. The second-order valence-corrected chi connectivity index (χ2v) is 4.08. The normalized spacial score (nSPS) is 39.8. The number of aliphatic imine (C=N–C) groups is 1. The van der Waals surface area contributed by atoms with Crippen LogP contribution in [0.1, 0.15) is 6.92 Å². The van der Waals surface area contributed by atoms with Gasteiger partial charge in [0.05, 0.1) is 6.04 Å². The molecule has 2 unspecified atom stereocenters. The van der Waals surface area contributed by atoms with Crippen LogP contribution in [0, 0.1) is 0 Å². The summed E-state index contributed by atoms with van der Waals surface area (Å²) in [7, 11) is 0. The van der Waals surface area contributed by atoms with Crippen molar-refractivity contribution in [2.45, 2.75) is 16.9 Å². The molecule has 0 saturated heterocycles. The first kappa shape index (κ1) is 9.71. The van der Waals surface area contributed by atoms with Crippen LogP contribution in [-0.2, 0) is 0 Å². The topological polar surface area (TPSA) is 12.4 Å². The summed E-state index contributed by atoms with van der Waals surface area (Å²) in [5, 5.41) is 0. The summed E-state index contributed by atoms with van der Waals surface area (Å²) in [5.74, 6) is 0. The second kappa shape index (κ2) is 5.30. The van der Waals surface area contributed by atoms with Crippen molar-refractivity contribution in [2.24, 2.45) is 4.99 Å². The molecule has 1 heterocycles. The van der Waals surface area contributed by atoms with E-state index >= 15 is 0 Å². The summed E-state index contributed by atoms with van der Waals surface area (Å²) in [5.41, 5.74) is 0. The van der Waals surface area contributed by atoms with Gasteiger partial charge in [0.2, 0.25) is 0 Å². The van der Waals surface area contributed by atoms with Crippen LogP contribution in [0.5, 0.6) is 0 Å². The fraction of sp³-hybridized carbons (Fsp3) is 0.300. The molecule has 0 aromatic rings. The van der Waals surface area contributed by atoms with Crippen LogP contribution in [0.3, 0.4) is 0 Å². The van der Waals surface area contributed by atoms with Gasteiger partial charge >= 0.3 is 0 Å². The summed E-state index contributed by atoms with van der Waals surface area (Å²) in [6, 6.07) is 0.282. The van der Waals surface area contributed by atoms with E-state index in [0.29, 0.717) is 3.92 Å². The Balaban J connectivity index is 2.70. The minimum Gasteiger partial charge on any atom is -0.286 e. The van der Waals surface area contributed by atoms with E-state index < -0.39 is 0 Å². The van der Waals surface area contributed by atoms with E-state index in [0.717, 1.165) is 0 Å². The molecule has 1 nitrogen and oxygen atoms in total. The Bertz CT molecular complexity index is 188. The monoisotopic (exact) mass is 273 g/mol. The minimum absolute atomic E-state index is 0.282. The molecule has 0 spiro atoms. The van der Waals surface area contributed by atoms with Crippen molar-refractivity contribution in [1.29, 1.82) is 0 Å². The van der Waals surface area contributed by atoms with Crippen molar-refractivity contribution in [2.75, 3.05) is 0 Å². The van der Waals surface area contributed by atoms with E-state index in [-0.39, 0.29) is 6.04 Å². The lowest BCUT2D eigenvalue weighted by molar-refractivity contribution is 0.933. The maximum Gasteiger partial charge on any atom is 0.0654 e. The lowest BCUT2D eigenvalue weighted by Gasteiger charge is -1.98. The predicted octanol–water partition coefficient (Wildman–Crippen LogP) is 2.93. The van der Waals surface area contributed by atoms with Crippen LogP contribution < -0.4 is 0 Å². The van der Waals surface area contributed by atoms with Crippen LogP contribution in [0.4, 0.5) is 0 Å². The molecule has 0 bridgehead atoms. The van der Waals surface area contributed by atoms with E-state index in [2.05, 4.69) is 58.8 Å². The van der Waals surface area contributed by atoms with Crippen LogP contribution in [0.2, 0.25) is 0 Å². The molecule has 0 amide bonds. The Morgan fingerprint density at radius 1 is 1.08 bits per heavy atom. The lowest BCUT2D eigenvalue weighted by Crippen LogP contribution is -1.93. The highest BCUT2D eigenvalue weighted by Crippen LogP contribution is 2.05. The third-order valence-electron chi connectivity index (χ3n) is 1.50. The van der Waals surface area contributed by atoms with Gasteiger partial charge in [-0.05, 0) is 13.0 Å². The molecule has 1 aliphatic rings. The molecule has 64 valence electrons. The van der Waals surface area contributed by atoms with Gasteiger partial charge < -0.3 is 0 Å². The highest BCUT2D eigenvalue weighted by Gasteiger charge is 1.91. The summed E-state index contributed by atoms with van der Waals surface area (Å²) >= 11 is 2.36. The molecule has 0 aromatic heterocycles. The third-order valence-corrected chi connectivity index (χ3v) is 2.33. The maximum absolute atomic E-state index is 4.28. The molecular formula is C10H12IN. The van der Waals surface area contributed by atoms with Gasteiger partial charge in [0.1, 0.15) is 0 Å². The van der Waals surface area contributed by atoms with Gasteiger partial charge in [0.25, 0.3) is 0 Å². The Hall–Kier alpha value is -0.380. The van der Waals surface area contributed by atoms with Gasteiger partial charge in [0.15, 0.2) is 0 Å². The molecule has 1 rings (SSSR count). The fourth-order valence-corrected chi connectivity index (χ4v) is 1.33. The van der Waals surface area contributed by atoms with Crippen molar-refractivity contribution in [3.05, 3.63) is 36.5 Å². The number of hydrogen-bond donors (Lipinski definition) is 0. The van der Waals surface area contributed by atoms with E-state index in [9.17, 15) is 0 Å². The van der Waals surface area contributed by atoms with Crippen LogP contribution in [0.25, 0.3) is 0 Å². The first-order valence-electron chi connectivity index (χ1n) is 3.98.